The zero-order valence-electron chi connectivity index (χ0n) is 22.1. The number of likely N-dealkylation sites (N-methyl/N-ethyl adjacent to an activating group) is 1. The van der Waals surface area contributed by atoms with E-state index >= 15 is 0 Å². The van der Waals surface area contributed by atoms with Crippen molar-refractivity contribution >= 4 is 22.8 Å². The molecule has 0 saturated heterocycles. The van der Waals surface area contributed by atoms with Crippen molar-refractivity contribution in [2.75, 3.05) is 11.4 Å². The maximum atomic E-state index is 14.3. The molecule has 0 N–H and O–H groups in total. The Morgan fingerprint density at radius 1 is 0.900 bits per heavy atom. The second-order valence-electron chi connectivity index (χ2n) is 9.30. The summed E-state index contributed by atoms with van der Waals surface area (Å²) in [6.45, 7) is 2.68. The fourth-order valence-corrected chi connectivity index (χ4v) is 5.67. The third kappa shape index (κ3) is 5.11. The first kappa shape index (κ1) is 25.5. The molecule has 0 fully saturated rings. The highest BCUT2D eigenvalue weighted by molar-refractivity contribution is 7.12. The van der Waals surface area contributed by atoms with Gasteiger partial charge in [0.2, 0.25) is 5.78 Å². The third-order valence-electron chi connectivity index (χ3n) is 6.83. The fraction of sp³-hybridized carbons (Fsp3) is 0.121. The van der Waals surface area contributed by atoms with E-state index in [-0.39, 0.29) is 12.2 Å². The monoisotopic (exact) mass is 544 g/mol. The number of thiophene rings is 1. The van der Waals surface area contributed by atoms with E-state index in [1.165, 1.54) is 0 Å². The summed E-state index contributed by atoms with van der Waals surface area (Å²) < 4.78 is 8.33. The second kappa shape index (κ2) is 11.6. The van der Waals surface area contributed by atoms with Gasteiger partial charge in [0.25, 0.3) is 0 Å². The number of carbonyl (C=O) groups excluding carboxylic acids is 1. The van der Waals surface area contributed by atoms with Crippen LogP contribution in [0.15, 0.2) is 125 Å². The topological polar surface area (TPSA) is 64.2 Å². The van der Waals surface area contributed by atoms with Gasteiger partial charge in [0.05, 0.1) is 6.42 Å². The standard InChI is InChI=1S/C33H28N4O2S/c1-2-36(26-17-10-5-11-18-26)27(31(38)33-34-20-21-37(33)29-19-12-22-40-29)23-28-35-30(24-13-6-3-7-14-24)32(39-28)25-15-8-4-9-16-25/h3-22,27H,2,23H2,1H3/t27-/m0/s1. The Bertz CT molecular complexity index is 1620. The number of imidazole rings is 1. The number of carbonyl (C=O) groups is 1. The van der Waals surface area contributed by atoms with E-state index in [9.17, 15) is 4.79 Å². The number of para-hydroxylation sites is 1. The molecule has 40 heavy (non-hydrogen) atoms. The molecule has 0 amide bonds. The lowest BCUT2D eigenvalue weighted by molar-refractivity contribution is 0.0942. The van der Waals surface area contributed by atoms with Crippen molar-refractivity contribution in [1.29, 1.82) is 0 Å². The van der Waals surface area contributed by atoms with Crippen LogP contribution in [0.5, 0.6) is 0 Å². The minimum atomic E-state index is -0.584. The van der Waals surface area contributed by atoms with E-state index in [1.807, 2.05) is 119 Å². The summed E-state index contributed by atoms with van der Waals surface area (Å²) in [5, 5.41) is 2.93. The second-order valence-corrected chi connectivity index (χ2v) is 10.2. The Morgan fingerprint density at radius 3 is 2.23 bits per heavy atom. The molecular weight excluding hydrogens is 516 g/mol. The molecule has 3 heterocycles. The van der Waals surface area contributed by atoms with Crippen molar-refractivity contribution in [3.8, 4) is 27.6 Å². The molecule has 0 unspecified atom stereocenters. The van der Waals surface area contributed by atoms with Gasteiger partial charge in [-0.15, -0.1) is 11.3 Å². The highest BCUT2D eigenvalue weighted by atomic mass is 32.1. The molecule has 0 aliphatic rings. The fourth-order valence-electron chi connectivity index (χ4n) is 4.96. The summed E-state index contributed by atoms with van der Waals surface area (Å²) in [4.78, 5) is 25.9. The summed E-state index contributed by atoms with van der Waals surface area (Å²) in [5.41, 5.74) is 3.61. The number of hydrogen-bond donors (Lipinski definition) is 0. The molecule has 6 nitrogen and oxygen atoms in total. The number of nitrogens with zero attached hydrogens (tertiary/aromatic N) is 4. The van der Waals surface area contributed by atoms with Crippen LogP contribution in [0.1, 0.15) is 23.4 Å². The first-order chi connectivity index (χ1) is 19.7. The van der Waals surface area contributed by atoms with Crippen LogP contribution in [-0.2, 0) is 6.42 Å². The average molecular weight is 545 g/mol. The molecule has 198 valence electrons. The van der Waals surface area contributed by atoms with Gasteiger partial charge in [-0.3, -0.25) is 9.36 Å². The number of Topliss-reactive ketones (excluding diaryl/α,β-unsaturated/α-hetero) is 1. The highest BCUT2D eigenvalue weighted by Crippen LogP contribution is 2.34. The number of benzene rings is 3. The largest absolute Gasteiger partial charge is 0.440 e. The van der Waals surface area contributed by atoms with E-state index in [1.54, 1.807) is 17.5 Å². The van der Waals surface area contributed by atoms with Gasteiger partial charge in [0.15, 0.2) is 17.5 Å². The predicted octanol–water partition coefficient (Wildman–Crippen LogP) is 7.58. The Labute approximate surface area is 237 Å². The Balaban J connectivity index is 1.44. The van der Waals surface area contributed by atoms with Crippen LogP contribution in [0, 0.1) is 0 Å². The lowest BCUT2D eigenvalue weighted by Crippen LogP contribution is -2.44. The molecule has 0 radical (unpaired) electrons. The van der Waals surface area contributed by atoms with E-state index in [4.69, 9.17) is 9.40 Å². The molecule has 6 aromatic rings. The van der Waals surface area contributed by atoms with E-state index in [0.717, 1.165) is 27.5 Å². The normalized spacial score (nSPS) is 11.8. The van der Waals surface area contributed by atoms with Gasteiger partial charge < -0.3 is 9.32 Å². The van der Waals surface area contributed by atoms with Gasteiger partial charge in [0, 0.05) is 35.8 Å². The maximum Gasteiger partial charge on any atom is 0.221 e. The zero-order valence-corrected chi connectivity index (χ0v) is 22.9. The summed E-state index contributed by atoms with van der Waals surface area (Å²) >= 11 is 1.57. The Kier molecular flexibility index (Phi) is 7.37. The Hall–Kier alpha value is -4.75. The van der Waals surface area contributed by atoms with Crippen LogP contribution in [0.3, 0.4) is 0 Å². The number of anilines is 1. The predicted molar refractivity (Wildman–Crippen MR) is 160 cm³/mol. The van der Waals surface area contributed by atoms with Crippen LogP contribution in [0.4, 0.5) is 5.69 Å². The molecule has 3 aromatic carbocycles. The quantitative estimate of drug-likeness (QED) is 0.166. The average Bonchev–Trinajstić information content (AvgIpc) is 3.79. The molecule has 0 aliphatic carbocycles. The SMILES string of the molecule is CCN(c1ccccc1)[C@@H](Cc1nc(-c2ccccc2)c(-c2ccccc2)o1)C(=O)c1nccn1-c1cccs1. The lowest BCUT2D eigenvalue weighted by Gasteiger charge is -2.31. The molecule has 0 saturated carbocycles. The van der Waals surface area contributed by atoms with Crippen molar-refractivity contribution in [2.45, 2.75) is 19.4 Å². The van der Waals surface area contributed by atoms with Gasteiger partial charge in [-0.2, -0.15) is 0 Å². The first-order valence-corrected chi connectivity index (χ1v) is 14.1. The first-order valence-electron chi connectivity index (χ1n) is 13.3. The van der Waals surface area contributed by atoms with Crippen molar-refractivity contribution < 1.29 is 9.21 Å². The summed E-state index contributed by atoms with van der Waals surface area (Å²) in [5.74, 6) is 1.49. The van der Waals surface area contributed by atoms with Gasteiger partial charge in [0.1, 0.15) is 16.7 Å². The van der Waals surface area contributed by atoms with Gasteiger partial charge in [-0.05, 0) is 36.6 Å². The van der Waals surface area contributed by atoms with E-state index in [2.05, 4.69) is 16.8 Å². The van der Waals surface area contributed by atoms with Crippen molar-refractivity contribution in [1.82, 2.24) is 14.5 Å². The summed E-state index contributed by atoms with van der Waals surface area (Å²) in [6, 6.07) is 33.3. The molecule has 6 rings (SSSR count). The molecule has 7 heteroatoms. The van der Waals surface area contributed by atoms with Crippen LogP contribution in [0.2, 0.25) is 0 Å². The molecule has 0 spiro atoms. The van der Waals surface area contributed by atoms with Gasteiger partial charge in [-0.1, -0.05) is 78.9 Å². The molecule has 0 bridgehead atoms. The smallest absolute Gasteiger partial charge is 0.221 e. The van der Waals surface area contributed by atoms with Crippen molar-refractivity contribution in [2.24, 2.45) is 0 Å². The van der Waals surface area contributed by atoms with Gasteiger partial charge >= 0.3 is 0 Å². The van der Waals surface area contributed by atoms with Crippen LogP contribution in [-0.4, -0.2) is 32.9 Å². The van der Waals surface area contributed by atoms with Gasteiger partial charge in [-0.25, -0.2) is 9.97 Å². The van der Waals surface area contributed by atoms with Crippen molar-refractivity contribution in [3.05, 3.63) is 133 Å². The molecule has 1 atom stereocenters. The summed E-state index contributed by atoms with van der Waals surface area (Å²) in [6.07, 6.45) is 3.79. The van der Waals surface area contributed by atoms with Crippen molar-refractivity contribution in [3.63, 3.8) is 0 Å². The van der Waals surface area contributed by atoms with Crippen LogP contribution >= 0.6 is 11.3 Å². The lowest BCUT2D eigenvalue weighted by atomic mass is 10.0. The Morgan fingerprint density at radius 2 is 1.57 bits per heavy atom. The molecule has 0 aliphatic heterocycles. The number of ketones is 1. The van der Waals surface area contributed by atoms with Crippen LogP contribution < -0.4 is 4.90 Å². The van der Waals surface area contributed by atoms with E-state index < -0.39 is 6.04 Å². The molecular formula is C33H28N4O2S. The maximum absolute atomic E-state index is 14.3. The molecule has 3 aromatic heterocycles. The van der Waals surface area contributed by atoms with E-state index in [0.29, 0.717) is 24.0 Å². The minimum Gasteiger partial charge on any atom is -0.440 e. The minimum absolute atomic E-state index is 0.0928. The van der Waals surface area contributed by atoms with Crippen LogP contribution in [0.25, 0.3) is 27.6 Å². The number of hydrogen-bond acceptors (Lipinski definition) is 6. The third-order valence-corrected chi connectivity index (χ3v) is 7.70. The number of aromatic nitrogens is 3. The summed E-state index contributed by atoms with van der Waals surface area (Å²) in [7, 11) is 0. The highest BCUT2D eigenvalue weighted by Gasteiger charge is 2.32. The number of rotatable bonds is 10. The zero-order chi connectivity index (χ0) is 27.3. The number of oxazole rings is 1.